The van der Waals surface area contributed by atoms with Gasteiger partial charge in [0.05, 0.1) is 0 Å². The van der Waals surface area contributed by atoms with Crippen molar-refractivity contribution in [2.75, 3.05) is 13.1 Å². The van der Waals surface area contributed by atoms with Gasteiger partial charge in [-0.15, -0.1) is 0 Å². The van der Waals surface area contributed by atoms with Crippen LogP contribution >= 0.6 is 0 Å². The number of aromatic nitrogens is 4. The summed E-state index contributed by atoms with van der Waals surface area (Å²) in [5.41, 5.74) is 1.21. The molecule has 6 heteroatoms. The highest BCUT2D eigenvalue weighted by atomic mass is 16.2. The van der Waals surface area contributed by atoms with Crippen LogP contribution in [0.1, 0.15) is 36.8 Å². The summed E-state index contributed by atoms with van der Waals surface area (Å²) in [4.78, 5) is 18.6. The summed E-state index contributed by atoms with van der Waals surface area (Å²) >= 11 is 0. The topological polar surface area (TPSA) is 56.0 Å². The molecule has 0 aliphatic carbocycles. The minimum absolute atomic E-state index is 0.230. The van der Waals surface area contributed by atoms with E-state index in [-0.39, 0.29) is 5.91 Å². The van der Waals surface area contributed by atoms with E-state index in [0.717, 1.165) is 31.8 Å². The van der Waals surface area contributed by atoms with Gasteiger partial charge in [-0.3, -0.25) is 9.48 Å². The van der Waals surface area contributed by atoms with Crippen molar-refractivity contribution < 1.29 is 4.79 Å². The fourth-order valence-electron chi connectivity index (χ4n) is 3.29. The van der Waals surface area contributed by atoms with E-state index in [2.05, 4.69) is 28.5 Å². The Morgan fingerprint density at radius 3 is 2.68 bits per heavy atom. The van der Waals surface area contributed by atoms with Crippen molar-refractivity contribution in [3.05, 3.63) is 36.2 Å². The molecule has 0 bridgehead atoms. The van der Waals surface area contributed by atoms with E-state index in [0.29, 0.717) is 19.0 Å². The molecule has 1 saturated heterocycles. The van der Waals surface area contributed by atoms with E-state index in [1.165, 1.54) is 5.69 Å². The third-order valence-electron chi connectivity index (χ3n) is 4.46. The molecule has 1 amide bonds. The molecule has 0 spiro atoms. The molecular weight excluding hydrogens is 278 g/mol. The van der Waals surface area contributed by atoms with E-state index >= 15 is 0 Å². The van der Waals surface area contributed by atoms with Crippen molar-refractivity contribution in [2.24, 2.45) is 0 Å². The number of nitrogens with zero attached hydrogens (tertiary/aromatic N) is 5. The molecule has 0 saturated carbocycles. The molecule has 0 unspecified atom stereocenters. The first-order chi connectivity index (χ1) is 10.6. The number of amides is 1. The van der Waals surface area contributed by atoms with Crippen molar-refractivity contribution in [3.8, 4) is 0 Å². The number of hydrogen-bond donors (Lipinski definition) is 0. The van der Waals surface area contributed by atoms with Crippen LogP contribution in [0.5, 0.6) is 0 Å². The zero-order valence-corrected chi connectivity index (χ0v) is 13.3. The van der Waals surface area contributed by atoms with E-state index in [1.807, 2.05) is 28.0 Å². The Labute approximate surface area is 130 Å². The van der Waals surface area contributed by atoms with Crippen LogP contribution in [0.15, 0.2) is 24.7 Å². The zero-order chi connectivity index (χ0) is 15.5. The van der Waals surface area contributed by atoms with Gasteiger partial charge in [0.2, 0.25) is 5.91 Å². The number of carbonyl (C=O) groups is 1. The van der Waals surface area contributed by atoms with Crippen LogP contribution in [0.4, 0.5) is 0 Å². The van der Waals surface area contributed by atoms with Gasteiger partial charge in [-0.1, -0.05) is 0 Å². The average Bonchev–Trinajstić information content (AvgIpc) is 3.15. The Morgan fingerprint density at radius 2 is 2.09 bits per heavy atom. The Morgan fingerprint density at radius 1 is 1.32 bits per heavy atom. The standard InChI is InChI=1S/C16H23N5O/c1-13-12-17-14(2)21(13)15-4-9-19(10-5-15)16(22)6-11-20-8-3-7-18-20/h3,7-8,12,15H,4-6,9-11H2,1-2H3. The molecule has 22 heavy (non-hydrogen) atoms. The van der Waals surface area contributed by atoms with Gasteiger partial charge in [-0.2, -0.15) is 5.10 Å². The van der Waals surface area contributed by atoms with Crippen molar-refractivity contribution in [1.82, 2.24) is 24.2 Å². The van der Waals surface area contributed by atoms with Gasteiger partial charge in [0, 0.05) is 56.4 Å². The Hall–Kier alpha value is -2.11. The van der Waals surface area contributed by atoms with Crippen LogP contribution < -0.4 is 0 Å². The monoisotopic (exact) mass is 301 g/mol. The fraction of sp³-hybridized carbons (Fsp3) is 0.562. The molecule has 1 fully saturated rings. The maximum absolute atomic E-state index is 12.3. The van der Waals surface area contributed by atoms with E-state index < -0.39 is 0 Å². The first kappa shape index (κ1) is 14.8. The molecule has 2 aromatic rings. The number of carbonyl (C=O) groups excluding carboxylic acids is 1. The number of piperidine rings is 1. The predicted molar refractivity (Wildman–Crippen MR) is 83.4 cm³/mol. The number of imidazole rings is 1. The van der Waals surface area contributed by atoms with Crippen LogP contribution in [-0.2, 0) is 11.3 Å². The molecule has 3 heterocycles. The number of hydrogen-bond acceptors (Lipinski definition) is 3. The Bertz CT molecular complexity index is 604. The maximum Gasteiger partial charge on any atom is 0.224 e. The summed E-state index contributed by atoms with van der Waals surface area (Å²) in [5, 5.41) is 4.13. The number of rotatable bonds is 4. The molecule has 0 radical (unpaired) electrons. The maximum atomic E-state index is 12.3. The van der Waals surface area contributed by atoms with E-state index in [1.54, 1.807) is 6.20 Å². The third-order valence-corrected chi connectivity index (χ3v) is 4.46. The molecule has 0 atom stereocenters. The number of aryl methyl sites for hydroxylation is 3. The highest BCUT2D eigenvalue weighted by Gasteiger charge is 2.25. The fourth-order valence-corrected chi connectivity index (χ4v) is 3.29. The summed E-state index contributed by atoms with van der Waals surface area (Å²) in [6.45, 7) is 6.47. The summed E-state index contributed by atoms with van der Waals surface area (Å²) in [6.07, 6.45) is 8.10. The summed E-state index contributed by atoms with van der Waals surface area (Å²) in [6, 6.07) is 2.35. The SMILES string of the molecule is Cc1cnc(C)n1C1CCN(C(=O)CCn2cccn2)CC1. The lowest BCUT2D eigenvalue weighted by Crippen LogP contribution is -2.39. The van der Waals surface area contributed by atoms with E-state index in [9.17, 15) is 4.79 Å². The molecule has 0 N–H and O–H groups in total. The molecule has 2 aromatic heterocycles. The lowest BCUT2D eigenvalue weighted by atomic mass is 10.0. The highest BCUT2D eigenvalue weighted by Crippen LogP contribution is 2.25. The van der Waals surface area contributed by atoms with Crippen molar-refractivity contribution in [1.29, 1.82) is 0 Å². The normalized spacial score (nSPS) is 16.2. The van der Waals surface area contributed by atoms with Gasteiger partial charge in [-0.05, 0) is 32.8 Å². The minimum Gasteiger partial charge on any atom is -0.342 e. The van der Waals surface area contributed by atoms with Gasteiger partial charge in [0.15, 0.2) is 0 Å². The molecule has 1 aliphatic rings. The molecular formula is C16H23N5O. The molecule has 1 aliphatic heterocycles. The Kier molecular flexibility index (Phi) is 4.27. The van der Waals surface area contributed by atoms with Crippen LogP contribution in [0.25, 0.3) is 0 Å². The smallest absolute Gasteiger partial charge is 0.224 e. The minimum atomic E-state index is 0.230. The first-order valence-electron chi connectivity index (χ1n) is 7.91. The van der Waals surface area contributed by atoms with Crippen LogP contribution in [-0.4, -0.2) is 43.2 Å². The summed E-state index contributed by atoms with van der Waals surface area (Å²) < 4.78 is 4.12. The van der Waals surface area contributed by atoms with Crippen LogP contribution in [0.2, 0.25) is 0 Å². The van der Waals surface area contributed by atoms with Crippen molar-refractivity contribution in [3.63, 3.8) is 0 Å². The average molecular weight is 301 g/mol. The molecule has 6 nitrogen and oxygen atoms in total. The second-order valence-corrected chi connectivity index (χ2v) is 5.95. The highest BCUT2D eigenvalue weighted by molar-refractivity contribution is 5.76. The summed E-state index contributed by atoms with van der Waals surface area (Å²) in [5.74, 6) is 1.30. The van der Waals surface area contributed by atoms with E-state index in [4.69, 9.17) is 0 Å². The lowest BCUT2D eigenvalue weighted by Gasteiger charge is -2.33. The first-order valence-corrected chi connectivity index (χ1v) is 7.91. The van der Waals surface area contributed by atoms with Gasteiger partial charge in [0.1, 0.15) is 5.82 Å². The van der Waals surface area contributed by atoms with Crippen molar-refractivity contribution in [2.45, 2.75) is 45.7 Å². The summed E-state index contributed by atoms with van der Waals surface area (Å²) in [7, 11) is 0. The molecule has 0 aromatic carbocycles. The second-order valence-electron chi connectivity index (χ2n) is 5.95. The lowest BCUT2D eigenvalue weighted by molar-refractivity contribution is -0.132. The largest absolute Gasteiger partial charge is 0.342 e. The Balaban J connectivity index is 1.52. The molecule has 3 rings (SSSR count). The zero-order valence-electron chi connectivity index (χ0n) is 13.3. The van der Waals surface area contributed by atoms with Gasteiger partial charge in [-0.25, -0.2) is 4.98 Å². The third kappa shape index (κ3) is 3.05. The van der Waals surface area contributed by atoms with Crippen LogP contribution in [0, 0.1) is 13.8 Å². The van der Waals surface area contributed by atoms with Gasteiger partial charge in [0.25, 0.3) is 0 Å². The van der Waals surface area contributed by atoms with Crippen LogP contribution in [0.3, 0.4) is 0 Å². The predicted octanol–water partition coefficient (Wildman–Crippen LogP) is 1.95. The second kappa shape index (κ2) is 6.34. The van der Waals surface area contributed by atoms with Crippen molar-refractivity contribution >= 4 is 5.91 Å². The quantitative estimate of drug-likeness (QED) is 0.867. The van der Waals surface area contributed by atoms with Gasteiger partial charge >= 0.3 is 0 Å². The van der Waals surface area contributed by atoms with Gasteiger partial charge < -0.3 is 9.47 Å². The molecule has 118 valence electrons. The number of likely N-dealkylation sites (tertiary alicyclic amines) is 1.